The number of anilines is 2. The summed E-state index contributed by atoms with van der Waals surface area (Å²) in [4.78, 5) is 24.9. The van der Waals surface area contributed by atoms with E-state index in [-0.39, 0.29) is 23.3 Å². The molecule has 1 fully saturated rings. The summed E-state index contributed by atoms with van der Waals surface area (Å²) in [6.45, 7) is 1.76. The molecule has 0 aliphatic carbocycles. The summed E-state index contributed by atoms with van der Waals surface area (Å²) in [5.74, 6) is -1.43. The number of thioether (sulfide) groups is 1. The fourth-order valence-electron chi connectivity index (χ4n) is 2.58. The highest BCUT2D eigenvalue weighted by molar-refractivity contribution is 8.00. The van der Waals surface area contributed by atoms with Crippen molar-refractivity contribution in [2.24, 2.45) is 0 Å². The molecule has 2 aromatic rings. The minimum atomic E-state index is -0.644. The Morgan fingerprint density at radius 2 is 1.96 bits per heavy atom. The molecule has 0 spiro atoms. The molecule has 0 bridgehead atoms. The Hall–Kier alpha value is -2.41. The molecular formula is C18H16F2N2O2S. The van der Waals surface area contributed by atoms with Crippen LogP contribution in [0, 0.1) is 11.6 Å². The lowest BCUT2D eigenvalue weighted by Crippen LogP contribution is -2.28. The smallest absolute Gasteiger partial charge is 0.238 e. The molecule has 1 saturated heterocycles. The van der Waals surface area contributed by atoms with Gasteiger partial charge < -0.3 is 5.32 Å². The third kappa shape index (κ3) is 3.66. The van der Waals surface area contributed by atoms with Crippen molar-refractivity contribution in [2.75, 3.05) is 16.0 Å². The van der Waals surface area contributed by atoms with E-state index in [9.17, 15) is 18.4 Å². The fraction of sp³-hybridized carbons (Fsp3) is 0.222. The third-order valence-electron chi connectivity index (χ3n) is 3.84. The number of amides is 2. The summed E-state index contributed by atoms with van der Waals surface area (Å²) in [6, 6.07) is 10.1. The quantitative estimate of drug-likeness (QED) is 0.891. The highest BCUT2D eigenvalue weighted by atomic mass is 32.2. The first kappa shape index (κ1) is 17.4. The van der Waals surface area contributed by atoms with E-state index >= 15 is 0 Å². The average molecular weight is 362 g/mol. The Morgan fingerprint density at radius 1 is 1.24 bits per heavy atom. The topological polar surface area (TPSA) is 49.4 Å². The number of hydrogen-bond acceptors (Lipinski definition) is 3. The molecule has 3 rings (SSSR count). The Labute approximate surface area is 148 Å². The zero-order valence-electron chi connectivity index (χ0n) is 13.5. The molecule has 1 unspecified atom stereocenters. The van der Waals surface area contributed by atoms with Crippen LogP contribution in [0.5, 0.6) is 0 Å². The van der Waals surface area contributed by atoms with E-state index in [1.54, 1.807) is 31.2 Å². The predicted octanol–water partition coefficient (Wildman–Crippen LogP) is 4.09. The lowest BCUT2D eigenvalue weighted by Gasteiger charge is -2.25. The van der Waals surface area contributed by atoms with Crippen LogP contribution in [0.25, 0.3) is 0 Å². The second-order valence-electron chi connectivity index (χ2n) is 5.55. The van der Waals surface area contributed by atoms with Crippen LogP contribution < -0.4 is 10.2 Å². The first-order valence-electron chi connectivity index (χ1n) is 7.78. The van der Waals surface area contributed by atoms with Crippen molar-refractivity contribution in [3.8, 4) is 0 Å². The summed E-state index contributed by atoms with van der Waals surface area (Å²) in [7, 11) is 0. The van der Waals surface area contributed by atoms with E-state index in [2.05, 4.69) is 5.32 Å². The van der Waals surface area contributed by atoms with Gasteiger partial charge in [0.2, 0.25) is 11.8 Å². The van der Waals surface area contributed by atoms with E-state index in [0.717, 1.165) is 23.8 Å². The van der Waals surface area contributed by atoms with Gasteiger partial charge in [-0.05, 0) is 29.8 Å². The molecule has 130 valence electrons. The molecular weight excluding hydrogens is 346 g/mol. The molecule has 0 saturated carbocycles. The maximum absolute atomic E-state index is 14.1. The molecule has 1 atom stereocenters. The number of benzene rings is 2. The van der Waals surface area contributed by atoms with Crippen LogP contribution >= 0.6 is 11.8 Å². The fourth-order valence-corrected chi connectivity index (χ4v) is 3.75. The average Bonchev–Trinajstić information content (AvgIpc) is 2.99. The van der Waals surface area contributed by atoms with Gasteiger partial charge in [0.1, 0.15) is 17.0 Å². The van der Waals surface area contributed by atoms with Gasteiger partial charge in [-0.2, -0.15) is 0 Å². The van der Waals surface area contributed by atoms with Gasteiger partial charge in [0.25, 0.3) is 0 Å². The molecule has 1 aliphatic rings. The number of carbonyl (C=O) groups excluding carboxylic acids is 2. The molecule has 2 aromatic carbocycles. The van der Waals surface area contributed by atoms with Gasteiger partial charge in [0.05, 0.1) is 11.4 Å². The highest BCUT2D eigenvalue weighted by Crippen LogP contribution is 2.42. The van der Waals surface area contributed by atoms with Crippen LogP contribution in [-0.4, -0.2) is 17.6 Å². The molecule has 1 heterocycles. The van der Waals surface area contributed by atoms with Gasteiger partial charge in [-0.25, -0.2) is 8.78 Å². The third-order valence-corrected chi connectivity index (χ3v) is 5.05. The van der Waals surface area contributed by atoms with Crippen molar-refractivity contribution in [3.63, 3.8) is 0 Å². The van der Waals surface area contributed by atoms with Crippen LogP contribution in [0.15, 0.2) is 42.5 Å². The Balaban J connectivity index is 1.89. The Bertz CT molecular complexity index is 811. The van der Waals surface area contributed by atoms with E-state index < -0.39 is 17.0 Å². The van der Waals surface area contributed by atoms with Crippen molar-refractivity contribution in [3.05, 3.63) is 59.7 Å². The molecule has 25 heavy (non-hydrogen) atoms. The molecule has 7 heteroatoms. The number of halogens is 2. The van der Waals surface area contributed by atoms with Gasteiger partial charge >= 0.3 is 0 Å². The first-order valence-corrected chi connectivity index (χ1v) is 8.83. The summed E-state index contributed by atoms with van der Waals surface area (Å²) in [5.41, 5.74) is 1.35. The second-order valence-corrected chi connectivity index (χ2v) is 6.62. The van der Waals surface area contributed by atoms with Crippen molar-refractivity contribution in [1.82, 2.24) is 0 Å². The second kappa shape index (κ2) is 7.23. The van der Waals surface area contributed by atoms with E-state index in [0.29, 0.717) is 12.1 Å². The first-order chi connectivity index (χ1) is 12.0. The molecule has 4 nitrogen and oxygen atoms in total. The number of nitrogens with one attached hydrogen (secondary N) is 1. The summed E-state index contributed by atoms with van der Waals surface area (Å²) < 4.78 is 27.6. The van der Waals surface area contributed by atoms with Crippen molar-refractivity contribution in [2.45, 2.75) is 18.7 Å². The zero-order chi connectivity index (χ0) is 18.0. The molecule has 1 N–H and O–H groups in total. The van der Waals surface area contributed by atoms with E-state index in [1.165, 1.54) is 16.7 Å². The normalized spacial score (nSPS) is 17.0. The number of nitrogens with zero attached hydrogens (tertiary/aromatic N) is 1. The minimum absolute atomic E-state index is 0.0663. The SMILES string of the molecule is CCC(=O)Nc1ccc(C2SCC(=O)N2c2cc(F)ccc2F)cc1. The number of hydrogen-bond donors (Lipinski definition) is 1. The summed E-state index contributed by atoms with van der Waals surface area (Å²) >= 11 is 1.35. The summed E-state index contributed by atoms with van der Waals surface area (Å²) in [5, 5.41) is 2.30. The maximum atomic E-state index is 14.1. The molecule has 0 aromatic heterocycles. The highest BCUT2D eigenvalue weighted by Gasteiger charge is 2.35. The largest absolute Gasteiger partial charge is 0.326 e. The van der Waals surface area contributed by atoms with E-state index in [1.807, 2.05) is 0 Å². The van der Waals surface area contributed by atoms with Crippen molar-refractivity contribution < 1.29 is 18.4 Å². The van der Waals surface area contributed by atoms with Gasteiger partial charge in [0, 0.05) is 18.2 Å². The van der Waals surface area contributed by atoms with Crippen LogP contribution in [0.2, 0.25) is 0 Å². The lowest BCUT2D eigenvalue weighted by atomic mass is 10.1. The van der Waals surface area contributed by atoms with Crippen molar-refractivity contribution >= 4 is 35.0 Å². The van der Waals surface area contributed by atoms with Crippen molar-refractivity contribution in [1.29, 1.82) is 0 Å². The van der Waals surface area contributed by atoms with Crippen LogP contribution in [-0.2, 0) is 9.59 Å². The van der Waals surface area contributed by atoms with Gasteiger partial charge in [0.15, 0.2) is 0 Å². The monoisotopic (exact) mass is 362 g/mol. The Morgan fingerprint density at radius 3 is 2.64 bits per heavy atom. The molecule has 0 radical (unpaired) electrons. The summed E-state index contributed by atoms with van der Waals surface area (Å²) in [6.07, 6.45) is 0.376. The minimum Gasteiger partial charge on any atom is -0.326 e. The van der Waals surface area contributed by atoms with Crippen LogP contribution in [0.4, 0.5) is 20.2 Å². The lowest BCUT2D eigenvalue weighted by molar-refractivity contribution is -0.116. The van der Waals surface area contributed by atoms with Crippen LogP contribution in [0.3, 0.4) is 0 Å². The van der Waals surface area contributed by atoms with Crippen LogP contribution in [0.1, 0.15) is 24.3 Å². The number of carbonyl (C=O) groups is 2. The van der Waals surface area contributed by atoms with E-state index in [4.69, 9.17) is 0 Å². The molecule has 1 aliphatic heterocycles. The number of rotatable bonds is 4. The van der Waals surface area contributed by atoms with Gasteiger partial charge in [-0.15, -0.1) is 11.8 Å². The predicted molar refractivity (Wildman–Crippen MR) is 94.4 cm³/mol. The van der Waals surface area contributed by atoms with Gasteiger partial charge in [-0.3, -0.25) is 14.5 Å². The zero-order valence-corrected chi connectivity index (χ0v) is 14.3. The molecule has 2 amide bonds. The van der Waals surface area contributed by atoms with Gasteiger partial charge in [-0.1, -0.05) is 19.1 Å². The maximum Gasteiger partial charge on any atom is 0.238 e. The Kier molecular flexibility index (Phi) is 5.03. The standard InChI is InChI=1S/C18H16F2N2O2S/c1-2-16(23)21-13-6-3-11(4-7-13)18-22(17(24)10-25-18)15-9-12(19)5-8-14(15)20/h3-9,18H,2,10H2,1H3,(H,21,23).